The molecule has 2 aromatic carbocycles. The average Bonchev–Trinajstić information content (AvgIpc) is 2.87. The second kappa shape index (κ2) is 10.2. The van der Waals surface area contributed by atoms with Gasteiger partial charge in [-0.2, -0.15) is 0 Å². The minimum atomic E-state index is -1.05. The fourth-order valence-electron chi connectivity index (χ4n) is 4.60. The second-order valence-corrected chi connectivity index (χ2v) is 8.66. The third kappa shape index (κ3) is 5.02. The maximum absolute atomic E-state index is 13.5. The van der Waals surface area contributed by atoms with Crippen LogP contribution in [0.2, 0.25) is 0 Å². The molecule has 2 heterocycles. The Morgan fingerprint density at radius 2 is 1.89 bits per heavy atom. The second-order valence-electron chi connectivity index (χ2n) is 8.66. The fraction of sp³-hybridized carbons (Fsp3) is 0.296. The maximum atomic E-state index is 13.5. The smallest absolute Gasteiger partial charge is 0.411 e. The monoisotopic (exact) mass is 478 g/mol. The molecule has 35 heavy (non-hydrogen) atoms. The zero-order valence-corrected chi connectivity index (χ0v) is 19.4. The Kier molecular flexibility index (Phi) is 7.12. The van der Waals surface area contributed by atoms with Crippen LogP contribution in [0.1, 0.15) is 53.7 Å². The van der Waals surface area contributed by atoms with E-state index in [4.69, 9.17) is 4.74 Å². The molecule has 1 saturated heterocycles. The van der Waals surface area contributed by atoms with E-state index >= 15 is 0 Å². The number of halogens is 1. The number of aromatic nitrogens is 1. The molecule has 4 rings (SSSR count). The predicted octanol–water partition coefficient (Wildman–Crippen LogP) is 5.16. The molecule has 0 saturated carbocycles. The van der Waals surface area contributed by atoms with E-state index in [-0.39, 0.29) is 24.0 Å². The molecule has 1 aromatic heterocycles. The molecule has 182 valence electrons. The number of nitrogens with zero attached hydrogens (tertiary/aromatic N) is 2. The van der Waals surface area contributed by atoms with Crippen LogP contribution in [0.4, 0.5) is 9.18 Å². The number of carboxylic acid groups (broad SMARTS) is 1. The lowest BCUT2D eigenvalue weighted by Gasteiger charge is -2.43. The van der Waals surface area contributed by atoms with Crippen LogP contribution in [-0.4, -0.2) is 45.3 Å². The van der Waals surface area contributed by atoms with Crippen LogP contribution in [0.5, 0.6) is 0 Å². The number of pyridine rings is 1. The quantitative estimate of drug-likeness (QED) is 0.464. The summed E-state index contributed by atoms with van der Waals surface area (Å²) in [5, 5.41) is 18.8. The van der Waals surface area contributed by atoms with E-state index in [1.807, 2.05) is 31.2 Å². The first-order chi connectivity index (χ1) is 16.8. The lowest BCUT2D eigenvalue weighted by molar-refractivity contribution is -0.0680. The fourth-order valence-corrected chi connectivity index (χ4v) is 4.60. The van der Waals surface area contributed by atoms with Gasteiger partial charge in [0.05, 0.1) is 11.6 Å². The van der Waals surface area contributed by atoms with Crippen molar-refractivity contribution >= 4 is 12.1 Å². The number of benzene rings is 2. The number of ether oxygens (including phenoxy) is 1. The summed E-state index contributed by atoms with van der Waals surface area (Å²) in [7, 11) is 0. The van der Waals surface area contributed by atoms with Crippen LogP contribution >= 0.6 is 0 Å². The molecule has 1 fully saturated rings. The van der Waals surface area contributed by atoms with E-state index in [9.17, 15) is 24.2 Å². The standard InChI is InChI=1S/C27H27FN2O5/c1-18(19-3-5-20(6-4-19)23-11-14-29-17-24(23)25(32)33)30-15-13-27(12-2-16-31,35-26(30)34)21-7-9-22(28)10-8-21/h3-11,14,17-18,31H,2,12-13,15-16H2,1H3,(H,32,33)/t18-,27+/m0/s1. The molecule has 1 aliphatic rings. The Labute approximate surface area is 202 Å². The predicted molar refractivity (Wildman–Crippen MR) is 127 cm³/mol. The van der Waals surface area contributed by atoms with Gasteiger partial charge in [-0.15, -0.1) is 0 Å². The van der Waals surface area contributed by atoms with Gasteiger partial charge in [0.15, 0.2) is 0 Å². The lowest BCUT2D eigenvalue weighted by atomic mass is 9.84. The van der Waals surface area contributed by atoms with E-state index in [1.165, 1.54) is 18.3 Å². The Hall–Kier alpha value is -3.78. The van der Waals surface area contributed by atoms with Gasteiger partial charge in [-0.1, -0.05) is 36.4 Å². The summed E-state index contributed by atoms with van der Waals surface area (Å²) >= 11 is 0. The molecule has 0 aliphatic carbocycles. The van der Waals surface area contributed by atoms with Crippen molar-refractivity contribution in [2.75, 3.05) is 13.2 Å². The number of carbonyl (C=O) groups is 2. The molecule has 0 radical (unpaired) electrons. The van der Waals surface area contributed by atoms with E-state index in [1.54, 1.807) is 29.3 Å². The third-order valence-corrected chi connectivity index (χ3v) is 6.61. The molecule has 7 nitrogen and oxygen atoms in total. The van der Waals surface area contributed by atoms with E-state index in [0.29, 0.717) is 36.9 Å². The number of hydrogen-bond donors (Lipinski definition) is 2. The Bertz CT molecular complexity index is 1200. The largest absolute Gasteiger partial charge is 0.478 e. The first-order valence-corrected chi connectivity index (χ1v) is 11.5. The van der Waals surface area contributed by atoms with Crippen molar-refractivity contribution in [1.82, 2.24) is 9.88 Å². The van der Waals surface area contributed by atoms with Crippen LogP contribution in [-0.2, 0) is 10.3 Å². The Morgan fingerprint density at radius 3 is 2.51 bits per heavy atom. The highest BCUT2D eigenvalue weighted by Gasteiger charge is 2.43. The van der Waals surface area contributed by atoms with Gasteiger partial charge in [0, 0.05) is 32.0 Å². The van der Waals surface area contributed by atoms with Gasteiger partial charge >= 0.3 is 12.1 Å². The topological polar surface area (TPSA) is 100.0 Å². The molecule has 0 unspecified atom stereocenters. The van der Waals surface area contributed by atoms with Gasteiger partial charge < -0.3 is 19.8 Å². The normalized spacial score (nSPS) is 18.7. The van der Waals surface area contributed by atoms with Gasteiger partial charge in [0.2, 0.25) is 0 Å². The van der Waals surface area contributed by atoms with Crippen molar-refractivity contribution in [2.45, 2.75) is 37.8 Å². The first kappa shape index (κ1) is 24.3. The van der Waals surface area contributed by atoms with Crippen molar-refractivity contribution in [2.24, 2.45) is 0 Å². The molecule has 0 spiro atoms. The summed E-state index contributed by atoms with van der Waals surface area (Å²) < 4.78 is 19.4. The van der Waals surface area contributed by atoms with Crippen molar-refractivity contribution in [3.05, 3.63) is 89.5 Å². The van der Waals surface area contributed by atoms with Crippen molar-refractivity contribution < 1.29 is 28.9 Å². The molecule has 3 aromatic rings. The van der Waals surface area contributed by atoms with Crippen LogP contribution in [0.25, 0.3) is 11.1 Å². The number of carbonyl (C=O) groups excluding carboxylic acids is 1. The highest BCUT2D eigenvalue weighted by atomic mass is 19.1. The lowest BCUT2D eigenvalue weighted by Crippen LogP contribution is -2.48. The minimum Gasteiger partial charge on any atom is -0.478 e. The van der Waals surface area contributed by atoms with Crippen molar-refractivity contribution in [3.63, 3.8) is 0 Å². The van der Waals surface area contributed by atoms with Crippen LogP contribution in [0, 0.1) is 5.82 Å². The molecular weight excluding hydrogens is 451 g/mol. The third-order valence-electron chi connectivity index (χ3n) is 6.61. The van der Waals surface area contributed by atoms with Crippen molar-refractivity contribution in [1.29, 1.82) is 0 Å². The maximum Gasteiger partial charge on any atom is 0.411 e. The minimum absolute atomic E-state index is 0.0337. The highest BCUT2D eigenvalue weighted by Crippen LogP contribution is 2.40. The highest BCUT2D eigenvalue weighted by molar-refractivity contribution is 5.95. The molecule has 0 bridgehead atoms. The average molecular weight is 479 g/mol. The SMILES string of the molecule is C[C@@H](c1ccc(-c2ccncc2C(=O)O)cc1)N1CC[C@](CCCO)(c2ccc(F)cc2)OC1=O. The van der Waals surface area contributed by atoms with Gasteiger partial charge in [-0.25, -0.2) is 14.0 Å². The number of aliphatic hydroxyl groups is 1. The van der Waals surface area contributed by atoms with Crippen LogP contribution < -0.4 is 0 Å². The number of amides is 1. The summed E-state index contributed by atoms with van der Waals surface area (Å²) in [5.41, 5.74) is 2.10. The molecule has 8 heteroatoms. The van der Waals surface area contributed by atoms with Crippen molar-refractivity contribution in [3.8, 4) is 11.1 Å². The van der Waals surface area contributed by atoms with Gasteiger partial charge in [0.1, 0.15) is 11.4 Å². The molecular formula is C27H27FN2O5. The number of aromatic carboxylic acids is 1. The van der Waals surface area contributed by atoms with Crippen LogP contribution in [0.15, 0.2) is 67.0 Å². The first-order valence-electron chi connectivity index (χ1n) is 11.5. The number of cyclic esters (lactones) is 1. The molecule has 2 N–H and O–H groups in total. The summed E-state index contributed by atoms with van der Waals surface area (Å²) in [6.45, 7) is 2.30. The van der Waals surface area contributed by atoms with Gasteiger partial charge in [-0.05, 0) is 60.2 Å². The van der Waals surface area contributed by atoms with Gasteiger partial charge in [-0.3, -0.25) is 4.98 Å². The number of hydrogen-bond acceptors (Lipinski definition) is 5. The zero-order valence-electron chi connectivity index (χ0n) is 19.4. The zero-order chi connectivity index (χ0) is 25.0. The Morgan fingerprint density at radius 1 is 1.17 bits per heavy atom. The molecule has 1 aliphatic heterocycles. The van der Waals surface area contributed by atoms with Gasteiger partial charge in [0.25, 0.3) is 0 Å². The Balaban J connectivity index is 1.53. The van der Waals surface area contributed by atoms with E-state index < -0.39 is 17.7 Å². The molecule has 1 amide bonds. The summed E-state index contributed by atoms with van der Waals surface area (Å²) in [5.74, 6) is -1.42. The van der Waals surface area contributed by atoms with E-state index in [2.05, 4.69) is 4.98 Å². The summed E-state index contributed by atoms with van der Waals surface area (Å²) in [6, 6.07) is 14.7. The van der Waals surface area contributed by atoms with E-state index in [0.717, 1.165) is 11.1 Å². The number of carboxylic acids is 1. The van der Waals surface area contributed by atoms with Crippen LogP contribution in [0.3, 0.4) is 0 Å². The molecule has 2 atom stereocenters. The summed E-state index contributed by atoms with van der Waals surface area (Å²) in [6.07, 6.45) is 3.79. The number of rotatable bonds is 8. The number of aliphatic hydroxyl groups excluding tert-OH is 1. The summed E-state index contributed by atoms with van der Waals surface area (Å²) in [4.78, 5) is 30.2.